The summed E-state index contributed by atoms with van der Waals surface area (Å²) in [5.41, 5.74) is 0.436. The van der Waals surface area contributed by atoms with Gasteiger partial charge in [-0.2, -0.15) is 0 Å². The first-order chi connectivity index (χ1) is 12.0. The number of aliphatic hydroxyl groups is 1. The van der Waals surface area contributed by atoms with E-state index < -0.39 is 5.60 Å². The van der Waals surface area contributed by atoms with Gasteiger partial charge in [-0.25, -0.2) is 14.4 Å². The Morgan fingerprint density at radius 3 is 2.68 bits per heavy atom. The maximum Gasteiger partial charge on any atom is 0.257 e. The van der Waals surface area contributed by atoms with Gasteiger partial charge in [-0.3, -0.25) is 9.69 Å². The second-order valence-corrected chi connectivity index (χ2v) is 6.63. The summed E-state index contributed by atoms with van der Waals surface area (Å²) in [5.74, 6) is -0.433. The van der Waals surface area contributed by atoms with Gasteiger partial charge < -0.3 is 10.0 Å². The molecular formula is C18H21FN4O2. The minimum Gasteiger partial charge on any atom is -0.387 e. The number of aromatic nitrogens is 2. The summed E-state index contributed by atoms with van der Waals surface area (Å²) in [6.45, 7) is 1.80. The van der Waals surface area contributed by atoms with Crippen molar-refractivity contribution in [2.24, 2.45) is 0 Å². The van der Waals surface area contributed by atoms with E-state index in [0.29, 0.717) is 31.6 Å². The fourth-order valence-electron chi connectivity index (χ4n) is 3.21. The Balaban J connectivity index is 1.57. The van der Waals surface area contributed by atoms with Crippen molar-refractivity contribution in [2.75, 3.05) is 26.7 Å². The predicted octanol–water partition coefficient (Wildman–Crippen LogP) is 1.32. The number of rotatable bonds is 5. The maximum atomic E-state index is 13.0. The Morgan fingerprint density at radius 1 is 1.32 bits per heavy atom. The second kappa shape index (κ2) is 7.25. The Hall–Kier alpha value is -2.38. The lowest BCUT2D eigenvalue weighted by Crippen LogP contribution is -2.44. The summed E-state index contributed by atoms with van der Waals surface area (Å²) in [6.07, 6.45) is 4.85. The van der Waals surface area contributed by atoms with Crippen molar-refractivity contribution in [1.29, 1.82) is 0 Å². The van der Waals surface area contributed by atoms with Crippen molar-refractivity contribution in [2.45, 2.75) is 18.6 Å². The number of likely N-dealkylation sites (N-methyl/N-ethyl adjacent to an activating group) is 1. The summed E-state index contributed by atoms with van der Waals surface area (Å²) in [5, 5.41) is 10.8. The molecule has 3 rings (SSSR count). The highest BCUT2D eigenvalue weighted by molar-refractivity contribution is 5.93. The first kappa shape index (κ1) is 17.4. The molecule has 6 nitrogen and oxygen atoms in total. The molecule has 0 radical (unpaired) electrons. The van der Waals surface area contributed by atoms with E-state index in [4.69, 9.17) is 0 Å². The number of carbonyl (C=O) groups excluding carboxylic acids is 1. The van der Waals surface area contributed by atoms with Crippen molar-refractivity contribution in [3.63, 3.8) is 0 Å². The van der Waals surface area contributed by atoms with Gasteiger partial charge in [-0.15, -0.1) is 0 Å². The Kier molecular flexibility index (Phi) is 5.06. The normalized spacial score (nSPS) is 20.2. The first-order valence-electron chi connectivity index (χ1n) is 8.15. The molecule has 1 amide bonds. The van der Waals surface area contributed by atoms with Crippen LogP contribution in [-0.4, -0.2) is 63.1 Å². The summed E-state index contributed by atoms with van der Waals surface area (Å²) >= 11 is 0. The smallest absolute Gasteiger partial charge is 0.257 e. The summed E-state index contributed by atoms with van der Waals surface area (Å²) in [7, 11) is 1.90. The third kappa shape index (κ3) is 4.37. The number of hydrogen-bond acceptors (Lipinski definition) is 5. The van der Waals surface area contributed by atoms with Crippen molar-refractivity contribution in [3.05, 3.63) is 59.9 Å². The van der Waals surface area contributed by atoms with E-state index >= 15 is 0 Å². The number of carbonyl (C=O) groups is 1. The van der Waals surface area contributed by atoms with Crippen LogP contribution < -0.4 is 0 Å². The molecule has 0 bridgehead atoms. The van der Waals surface area contributed by atoms with Crippen LogP contribution in [0.15, 0.2) is 43.0 Å². The van der Waals surface area contributed by atoms with E-state index in [0.717, 1.165) is 5.56 Å². The van der Waals surface area contributed by atoms with Gasteiger partial charge in [0.2, 0.25) is 0 Å². The zero-order chi connectivity index (χ0) is 17.9. The van der Waals surface area contributed by atoms with Crippen LogP contribution in [0, 0.1) is 5.82 Å². The summed E-state index contributed by atoms with van der Waals surface area (Å²) in [4.78, 5) is 23.8. The zero-order valence-electron chi connectivity index (χ0n) is 14.1. The fraction of sp³-hybridized carbons (Fsp3) is 0.389. The van der Waals surface area contributed by atoms with E-state index in [9.17, 15) is 14.3 Å². The van der Waals surface area contributed by atoms with Crippen molar-refractivity contribution >= 4 is 5.91 Å². The number of halogens is 1. The molecule has 1 fully saturated rings. The monoisotopic (exact) mass is 344 g/mol. The molecule has 1 aliphatic heterocycles. The lowest BCUT2D eigenvalue weighted by atomic mass is 10.0. The quantitative estimate of drug-likeness (QED) is 0.886. The zero-order valence-corrected chi connectivity index (χ0v) is 14.1. The molecule has 1 aromatic carbocycles. The SMILES string of the molecule is CN(Cc1ccc(F)cc1)CC1(O)CCN(C(=O)c2cncnc2)C1. The highest BCUT2D eigenvalue weighted by Gasteiger charge is 2.39. The van der Waals surface area contributed by atoms with Gasteiger partial charge in [-0.1, -0.05) is 12.1 Å². The molecule has 1 unspecified atom stereocenters. The Labute approximate surface area is 145 Å². The van der Waals surface area contributed by atoms with E-state index in [2.05, 4.69) is 9.97 Å². The summed E-state index contributed by atoms with van der Waals surface area (Å²) in [6, 6.07) is 6.32. The van der Waals surface area contributed by atoms with Crippen LogP contribution in [-0.2, 0) is 6.54 Å². The van der Waals surface area contributed by atoms with Crippen LogP contribution in [0.1, 0.15) is 22.3 Å². The van der Waals surface area contributed by atoms with Crippen LogP contribution in [0.4, 0.5) is 4.39 Å². The van der Waals surface area contributed by atoms with Gasteiger partial charge >= 0.3 is 0 Å². The molecule has 1 N–H and O–H groups in total. The van der Waals surface area contributed by atoms with Gasteiger partial charge in [0.25, 0.3) is 5.91 Å². The topological polar surface area (TPSA) is 69.6 Å². The third-order valence-electron chi connectivity index (χ3n) is 4.36. The van der Waals surface area contributed by atoms with E-state index in [1.54, 1.807) is 17.0 Å². The van der Waals surface area contributed by atoms with Crippen LogP contribution in [0.25, 0.3) is 0 Å². The lowest BCUT2D eigenvalue weighted by molar-refractivity contribution is 0.0163. The fourth-order valence-corrected chi connectivity index (χ4v) is 3.21. The van der Waals surface area contributed by atoms with Crippen molar-refractivity contribution < 1.29 is 14.3 Å². The van der Waals surface area contributed by atoms with Crippen molar-refractivity contribution in [3.8, 4) is 0 Å². The number of β-amino-alcohol motifs (C(OH)–C–C–N with tert-alkyl or cyclic N) is 1. The number of hydrogen-bond donors (Lipinski definition) is 1. The van der Waals surface area contributed by atoms with E-state index in [-0.39, 0.29) is 18.3 Å². The molecule has 2 heterocycles. The molecule has 7 heteroatoms. The van der Waals surface area contributed by atoms with Crippen LogP contribution in [0.2, 0.25) is 0 Å². The molecule has 1 aliphatic rings. The van der Waals surface area contributed by atoms with E-state index in [1.165, 1.54) is 30.9 Å². The minimum absolute atomic E-state index is 0.169. The summed E-state index contributed by atoms with van der Waals surface area (Å²) < 4.78 is 13.0. The number of benzene rings is 1. The third-order valence-corrected chi connectivity index (χ3v) is 4.36. The minimum atomic E-state index is -0.958. The molecule has 25 heavy (non-hydrogen) atoms. The predicted molar refractivity (Wildman–Crippen MR) is 90.2 cm³/mol. The molecule has 2 aromatic rings. The standard InChI is InChI=1S/C18H21FN4O2/c1-22(10-14-2-4-16(19)5-3-14)11-18(25)6-7-23(12-18)17(24)15-8-20-13-21-9-15/h2-5,8-9,13,25H,6-7,10-12H2,1H3. The van der Waals surface area contributed by atoms with E-state index in [1.807, 2.05) is 11.9 Å². The van der Waals surface area contributed by atoms with Gasteiger partial charge in [-0.05, 0) is 31.2 Å². The molecule has 0 aliphatic carbocycles. The number of likely N-dealkylation sites (tertiary alicyclic amines) is 1. The van der Waals surface area contributed by atoms with Crippen LogP contribution in [0.3, 0.4) is 0 Å². The largest absolute Gasteiger partial charge is 0.387 e. The number of amides is 1. The van der Waals surface area contributed by atoms with Crippen LogP contribution in [0.5, 0.6) is 0 Å². The number of nitrogens with zero attached hydrogens (tertiary/aromatic N) is 4. The molecule has 0 saturated carbocycles. The molecular weight excluding hydrogens is 323 g/mol. The van der Waals surface area contributed by atoms with Gasteiger partial charge in [0.15, 0.2) is 0 Å². The van der Waals surface area contributed by atoms with Gasteiger partial charge in [0, 0.05) is 32.0 Å². The maximum absolute atomic E-state index is 13.0. The molecule has 1 aromatic heterocycles. The molecule has 0 spiro atoms. The van der Waals surface area contributed by atoms with Crippen molar-refractivity contribution in [1.82, 2.24) is 19.8 Å². The van der Waals surface area contributed by atoms with Gasteiger partial charge in [0.05, 0.1) is 17.7 Å². The molecule has 1 atom stereocenters. The molecule has 1 saturated heterocycles. The highest BCUT2D eigenvalue weighted by Crippen LogP contribution is 2.24. The first-order valence-corrected chi connectivity index (χ1v) is 8.15. The highest BCUT2D eigenvalue weighted by atomic mass is 19.1. The lowest BCUT2D eigenvalue weighted by Gasteiger charge is -2.29. The van der Waals surface area contributed by atoms with Gasteiger partial charge in [0.1, 0.15) is 12.1 Å². The average molecular weight is 344 g/mol. The second-order valence-electron chi connectivity index (χ2n) is 6.63. The van der Waals surface area contributed by atoms with Crippen LogP contribution >= 0.6 is 0 Å². The average Bonchev–Trinajstić information content (AvgIpc) is 2.98. The Bertz CT molecular complexity index is 726. The molecule has 132 valence electrons. The Morgan fingerprint density at radius 2 is 2.00 bits per heavy atom.